The highest BCUT2D eigenvalue weighted by Crippen LogP contribution is 2.34. The molecule has 7 nitrogen and oxygen atoms in total. The molecule has 0 unspecified atom stereocenters. The van der Waals surface area contributed by atoms with Crippen LogP contribution in [-0.2, 0) is 6.42 Å². The number of benzene rings is 2. The second-order valence-electron chi connectivity index (χ2n) is 9.77. The Kier molecular flexibility index (Phi) is 6.18. The molecule has 1 aromatic heterocycles. The van der Waals surface area contributed by atoms with Crippen molar-refractivity contribution in [2.75, 3.05) is 50.0 Å². The average Bonchev–Trinajstić information content (AvgIpc) is 3.53. The van der Waals surface area contributed by atoms with Gasteiger partial charge in [-0.25, -0.2) is 4.39 Å². The van der Waals surface area contributed by atoms with E-state index in [9.17, 15) is 0 Å². The standard InChI is InChI=1S/C29H29FN6O/c1-19-14-21-8-9-24(28(30)23(21)15-19)37-29-33-26(17-27(34-29)36-12-10-35(2)11-13-36)32-25-16-22(18-31-25)20-6-4-3-5-7-20/h3-9,15-17H,10-14,18H2,1-2H3,(H,31,32,33,34). The molecule has 37 heavy (non-hydrogen) atoms. The Labute approximate surface area is 216 Å². The molecule has 6 rings (SSSR count). The summed E-state index contributed by atoms with van der Waals surface area (Å²) in [5.74, 6) is 1.75. The van der Waals surface area contributed by atoms with Gasteiger partial charge in [0.2, 0.25) is 0 Å². The maximum absolute atomic E-state index is 15.3. The van der Waals surface area contributed by atoms with Crippen LogP contribution in [0.4, 0.5) is 16.0 Å². The van der Waals surface area contributed by atoms with Crippen molar-refractivity contribution in [1.82, 2.24) is 14.9 Å². The molecule has 0 saturated carbocycles. The lowest BCUT2D eigenvalue weighted by Crippen LogP contribution is -2.44. The number of piperazine rings is 1. The summed E-state index contributed by atoms with van der Waals surface area (Å²) in [6.07, 6.45) is 4.67. The molecule has 3 aromatic rings. The maximum atomic E-state index is 15.3. The van der Waals surface area contributed by atoms with Gasteiger partial charge in [-0.05, 0) is 49.2 Å². The summed E-state index contributed by atoms with van der Waals surface area (Å²) >= 11 is 0. The zero-order chi connectivity index (χ0) is 25.4. The summed E-state index contributed by atoms with van der Waals surface area (Å²) in [5.41, 5.74) is 4.96. The molecule has 3 aliphatic rings. The lowest BCUT2D eigenvalue weighted by Gasteiger charge is -2.33. The second-order valence-corrected chi connectivity index (χ2v) is 9.77. The summed E-state index contributed by atoms with van der Waals surface area (Å²) in [6.45, 7) is 6.14. The molecule has 0 bridgehead atoms. The zero-order valence-corrected chi connectivity index (χ0v) is 21.0. The predicted molar refractivity (Wildman–Crippen MR) is 146 cm³/mol. The third-order valence-electron chi connectivity index (χ3n) is 6.95. The molecule has 0 amide bonds. The number of amidine groups is 1. The van der Waals surface area contributed by atoms with Crippen molar-refractivity contribution in [3.63, 3.8) is 0 Å². The lowest BCUT2D eigenvalue weighted by atomic mass is 10.1. The highest BCUT2D eigenvalue weighted by atomic mass is 19.1. The molecule has 2 aromatic carbocycles. The Morgan fingerprint density at radius 1 is 0.973 bits per heavy atom. The van der Waals surface area contributed by atoms with Gasteiger partial charge >= 0.3 is 6.01 Å². The Hall–Kier alpha value is -4.04. The molecule has 0 atom stereocenters. The molecule has 8 heteroatoms. The van der Waals surface area contributed by atoms with E-state index < -0.39 is 0 Å². The number of fused-ring (bicyclic) bond motifs is 1. The number of allylic oxidation sites excluding steroid dienone is 1. The van der Waals surface area contributed by atoms with E-state index in [0.29, 0.717) is 17.9 Å². The first-order valence-electron chi connectivity index (χ1n) is 12.6. The van der Waals surface area contributed by atoms with Gasteiger partial charge in [0.25, 0.3) is 0 Å². The molecule has 0 spiro atoms. The number of anilines is 2. The summed E-state index contributed by atoms with van der Waals surface area (Å²) in [7, 11) is 2.11. The van der Waals surface area contributed by atoms with Crippen molar-refractivity contribution in [3.05, 3.63) is 82.7 Å². The number of halogens is 1. The summed E-state index contributed by atoms with van der Waals surface area (Å²) in [4.78, 5) is 18.4. The first-order valence-corrected chi connectivity index (χ1v) is 12.6. The van der Waals surface area contributed by atoms with Gasteiger partial charge in [-0.3, -0.25) is 4.99 Å². The van der Waals surface area contributed by atoms with E-state index in [1.807, 2.05) is 49.4 Å². The van der Waals surface area contributed by atoms with Gasteiger partial charge < -0.3 is 19.9 Å². The number of nitrogens with one attached hydrogen (secondary N) is 1. The van der Waals surface area contributed by atoms with E-state index in [0.717, 1.165) is 66.5 Å². The van der Waals surface area contributed by atoms with Crippen LogP contribution in [0.15, 0.2) is 65.2 Å². The third-order valence-corrected chi connectivity index (χ3v) is 6.95. The normalized spacial score (nSPS) is 17.3. The van der Waals surface area contributed by atoms with Crippen LogP contribution >= 0.6 is 0 Å². The molecule has 1 aliphatic carbocycles. The van der Waals surface area contributed by atoms with Crippen LogP contribution in [0, 0.1) is 5.82 Å². The van der Waals surface area contributed by atoms with Crippen LogP contribution < -0.4 is 15.0 Å². The lowest BCUT2D eigenvalue weighted by molar-refractivity contribution is 0.311. The third kappa shape index (κ3) is 4.97. The van der Waals surface area contributed by atoms with Crippen LogP contribution in [0.2, 0.25) is 0 Å². The van der Waals surface area contributed by atoms with E-state index in [4.69, 9.17) is 4.74 Å². The van der Waals surface area contributed by atoms with Crippen molar-refractivity contribution in [3.8, 4) is 11.8 Å². The van der Waals surface area contributed by atoms with Crippen molar-refractivity contribution < 1.29 is 9.13 Å². The number of aliphatic imine (C=N–C) groups is 1. The number of nitrogens with zero attached hydrogens (tertiary/aromatic N) is 5. The first kappa shape index (κ1) is 23.4. The van der Waals surface area contributed by atoms with E-state index >= 15 is 4.39 Å². The smallest absolute Gasteiger partial charge is 0.326 e. The summed E-state index contributed by atoms with van der Waals surface area (Å²) in [5, 5.41) is 3.32. The number of ether oxygens (including phenoxy) is 1. The zero-order valence-electron chi connectivity index (χ0n) is 21.0. The van der Waals surface area contributed by atoms with Gasteiger partial charge in [-0.15, -0.1) is 0 Å². The van der Waals surface area contributed by atoms with E-state index in [2.05, 4.69) is 49.3 Å². The molecule has 1 N–H and O–H groups in total. The SMILES string of the molecule is CC1=Cc2c(ccc(Oc3nc(NC4=NCC(c5ccccc5)=C4)cc(N4CCN(C)CC4)n3)c2F)C1. The van der Waals surface area contributed by atoms with Crippen LogP contribution in [0.5, 0.6) is 11.8 Å². The van der Waals surface area contributed by atoms with Gasteiger partial charge in [0.15, 0.2) is 11.6 Å². The Bertz CT molecular complexity index is 1420. The van der Waals surface area contributed by atoms with E-state index in [-0.39, 0.29) is 17.6 Å². The van der Waals surface area contributed by atoms with E-state index in [1.54, 1.807) is 6.07 Å². The molecule has 1 saturated heterocycles. The largest absolute Gasteiger partial charge is 0.421 e. The van der Waals surface area contributed by atoms with Gasteiger partial charge in [0.05, 0.1) is 6.54 Å². The topological polar surface area (TPSA) is 65.9 Å². The summed E-state index contributed by atoms with van der Waals surface area (Å²) in [6, 6.07) is 15.8. The van der Waals surface area contributed by atoms with Gasteiger partial charge in [-0.2, -0.15) is 9.97 Å². The van der Waals surface area contributed by atoms with E-state index in [1.165, 1.54) is 0 Å². The Morgan fingerprint density at radius 3 is 2.59 bits per heavy atom. The van der Waals surface area contributed by atoms with Gasteiger partial charge in [0, 0.05) is 37.8 Å². The van der Waals surface area contributed by atoms with Crippen LogP contribution in [-0.4, -0.2) is 60.5 Å². The molecule has 188 valence electrons. The number of hydrogen-bond donors (Lipinski definition) is 1. The summed E-state index contributed by atoms with van der Waals surface area (Å²) < 4.78 is 21.2. The molecule has 2 aliphatic heterocycles. The van der Waals surface area contributed by atoms with Crippen molar-refractivity contribution in [1.29, 1.82) is 0 Å². The van der Waals surface area contributed by atoms with Gasteiger partial charge in [0.1, 0.15) is 17.5 Å². The minimum atomic E-state index is -0.381. The number of hydrogen-bond acceptors (Lipinski definition) is 7. The number of rotatable bonds is 5. The highest BCUT2D eigenvalue weighted by Gasteiger charge is 2.22. The van der Waals surface area contributed by atoms with Crippen LogP contribution in [0.1, 0.15) is 23.6 Å². The fraction of sp³-hybridized carbons (Fsp3) is 0.276. The van der Waals surface area contributed by atoms with Crippen molar-refractivity contribution >= 4 is 29.1 Å². The number of aromatic nitrogens is 2. The molecule has 3 heterocycles. The van der Waals surface area contributed by atoms with Crippen molar-refractivity contribution in [2.24, 2.45) is 4.99 Å². The van der Waals surface area contributed by atoms with Crippen LogP contribution in [0.3, 0.4) is 0 Å². The fourth-order valence-corrected chi connectivity index (χ4v) is 4.88. The number of likely N-dealkylation sites (N-methyl/N-ethyl adjacent to an activating group) is 1. The fourth-order valence-electron chi connectivity index (χ4n) is 4.88. The minimum absolute atomic E-state index is 0.0994. The second kappa shape index (κ2) is 9.78. The molecular weight excluding hydrogens is 467 g/mol. The van der Waals surface area contributed by atoms with Crippen molar-refractivity contribution in [2.45, 2.75) is 13.3 Å². The quantitative estimate of drug-likeness (QED) is 0.535. The molecular formula is C29H29FN6O. The minimum Gasteiger partial charge on any atom is -0.421 e. The van der Waals surface area contributed by atoms with Gasteiger partial charge in [-0.1, -0.05) is 48.0 Å². The first-order chi connectivity index (χ1) is 18.0. The average molecular weight is 497 g/mol. The molecule has 1 fully saturated rings. The van der Waals surface area contributed by atoms with Crippen LogP contribution in [0.25, 0.3) is 11.6 Å². The highest BCUT2D eigenvalue weighted by molar-refractivity contribution is 6.10. The molecule has 0 radical (unpaired) electrons. The Morgan fingerprint density at radius 2 is 1.78 bits per heavy atom. The maximum Gasteiger partial charge on any atom is 0.326 e. The predicted octanol–water partition coefficient (Wildman–Crippen LogP) is 5.03. The Balaban J connectivity index is 1.29. The monoisotopic (exact) mass is 496 g/mol.